The average Bonchev–Trinajstić information content (AvgIpc) is 2.44. The summed E-state index contributed by atoms with van der Waals surface area (Å²) in [5.74, 6) is -0.956. The predicted octanol–water partition coefficient (Wildman–Crippen LogP) is 1.21. The summed E-state index contributed by atoms with van der Waals surface area (Å²) < 4.78 is 0. The van der Waals surface area contributed by atoms with Crippen molar-refractivity contribution in [2.24, 2.45) is 11.7 Å². The topological polar surface area (TPSA) is 113 Å². The van der Waals surface area contributed by atoms with Crippen LogP contribution in [0.4, 0.5) is 10.5 Å². The molecule has 7 nitrogen and oxygen atoms in total. The molecule has 0 spiro atoms. The first kappa shape index (κ1) is 18.5. The Morgan fingerprint density at radius 1 is 1.04 bits per heavy atom. The SMILES string of the molecule is CC(C)[C@H](NC(=O)Nc1ccccc1)C(=O)N[C@@H](C)CC(N)=O. The standard InChI is InChI=1S/C16H24N4O3/c1-10(2)14(15(22)18-11(3)9-13(17)21)20-16(23)19-12-7-5-4-6-8-12/h4-8,10-11,14H,9H2,1-3H3,(H2,17,21)(H,18,22)(H2,19,20,23)/t11-,14-/m0/s1. The van der Waals surface area contributed by atoms with E-state index in [-0.39, 0.29) is 24.3 Å². The summed E-state index contributed by atoms with van der Waals surface area (Å²) in [5, 5.41) is 7.99. The molecule has 2 atom stereocenters. The van der Waals surface area contributed by atoms with Crippen LogP contribution in [0.5, 0.6) is 0 Å². The van der Waals surface area contributed by atoms with Crippen LogP contribution in [-0.4, -0.2) is 29.9 Å². The Labute approximate surface area is 136 Å². The molecule has 126 valence electrons. The number of nitrogens with one attached hydrogen (secondary N) is 3. The van der Waals surface area contributed by atoms with Gasteiger partial charge in [-0.15, -0.1) is 0 Å². The fourth-order valence-corrected chi connectivity index (χ4v) is 2.05. The minimum absolute atomic E-state index is 0.0484. The zero-order valence-electron chi connectivity index (χ0n) is 13.6. The molecule has 0 bridgehead atoms. The maximum atomic E-state index is 12.3. The van der Waals surface area contributed by atoms with E-state index in [1.807, 2.05) is 19.9 Å². The number of urea groups is 1. The van der Waals surface area contributed by atoms with Gasteiger partial charge >= 0.3 is 6.03 Å². The molecule has 0 heterocycles. The number of rotatable bonds is 7. The lowest BCUT2D eigenvalue weighted by Crippen LogP contribution is -2.53. The molecular formula is C16H24N4O3. The number of carbonyl (C=O) groups is 3. The van der Waals surface area contributed by atoms with Gasteiger partial charge in [0.05, 0.1) is 0 Å². The van der Waals surface area contributed by atoms with Crippen molar-refractivity contribution >= 4 is 23.5 Å². The third-order valence-electron chi connectivity index (χ3n) is 3.16. The fraction of sp³-hybridized carbons (Fsp3) is 0.438. The highest BCUT2D eigenvalue weighted by atomic mass is 16.2. The molecule has 0 aliphatic carbocycles. The van der Waals surface area contributed by atoms with E-state index >= 15 is 0 Å². The smallest absolute Gasteiger partial charge is 0.319 e. The third-order valence-corrected chi connectivity index (χ3v) is 3.16. The average molecular weight is 320 g/mol. The first-order chi connectivity index (χ1) is 10.8. The number of anilines is 1. The van der Waals surface area contributed by atoms with Crippen LogP contribution in [0.15, 0.2) is 30.3 Å². The molecule has 0 saturated carbocycles. The van der Waals surface area contributed by atoms with Crippen LogP contribution >= 0.6 is 0 Å². The highest BCUT2D eigenvalue weighted by molar-refractivity contribution is 5.94. The van der Waals surface area contributed by atoms with E-state index in [1.54, 1.807) is 31.2 Å². The fourth-order valence-electron chi connectivity index (χ4n) is 2.05. The van der Waals surface area contributed by atoms with Crippen molar-refractivity contribution in [1.82, 2.24) is 10.6 Å². The van der Waals surface area contributed by atoms with Gasteiger partial charge in [-0.25, -0.2) is 4.79 Å². The Kier molecular flexibility index (Phi) is 7.05. The summed E-state index contributed by atoms with van der Waals surface area (Å²) in [5.41, 5.74) is 5.74. The largest absolute Gasteiger partial charge is 0.370 e. The Hall–Kier alpha value is -2.57. The number of amides is 4. The predicted molar refractivity (Wildman–Crippen MR) is 88.6 cm³/mol. The van der Waals surface area contributed by atoms with E-state index in [9.17, 15) is 14.4 Å². The summed E-state index contributed by atoms with van der Waals surface area (Å²) >= 11 is 0. The van der Waals surface area contributed by atoms with Gasteiger partial charge in [-0.2, -0.15) is 0 Å². The Morgan fingerprint density at radius 3 is 2.17 bits per heavy atom. The number of hydrogen-bond acceptors (Lipinski definition) is 3. The van der Waals surface area contributed by atoms with Crippen molar-refractivity contribution in [1.29, 1.82) is 0 Å². The summed E-state index contributed by atoms with van der Waals surface area (Å²) in [7, 11) is 0. The lowest BCUT2D eigenvalue weighted by Gasteiger charge is -2.23. The van der Waals surface area contributed by atoms with Crippen LogP contribution in [0.3, 0.4) is 0 Å². The van der Waals surface area contributed by atoms with Crippen molar-refractivity contribution < 1.29 is 14.4 Å². The van der Waals surface area contributed by atoms with Gasteiger partial charge in [0, 0.05) is 18.2 Å². The van der Waals surface area contributed by atoms with Crippen LogP contribution in [0.2, 0.25) is 0 Å². The molecule has 1 aromatic rings. The molecule has 0 fully saturated rings. The number of primary amides is 1. The Balaban J connectivity index is 2.61. The van der Waals surface area contributed by atoms with Gasteiger partial charge in [0.1, 0.15) is 6.04 Å². The Morgan fingerprint density at radius 2 is 1.65 bits per heavy atom. The summed E-state index contributed by atoms with van der Waals surface area (Å²) in [6.07, 6.45) is 0.0484. The number of hydrogen-bond donors (Lipinski definition) is 4. The summed E-state index contributed by atoms with van der Waals surface area (Å²) in [6, 6.07) is 7.37. The highest BCUT2D eigenvalue weighted by Gasteiger charge is 2.25. The molecule has 0 aromatic heterocycles. The minimum Gasteiger partial charge on any atom is -0.370 e. The maximum absolute atomic E-state index is 12.3. The van der Waals surface area contributed by atoms with Crippen LogP contribution in [0.25, 0.3) is 0 Å². The number of para-hydroxylation sites is 1. The lowest BCUT2D eigenvalue weighted by molar-refractivity contribution is -0.124. The number of carbonyl (C=O) groups excluding carboxylic acids is 3. The summed E-state index contributed by atoms with van der Waals surface area (Å²) in [4.78, 5) is 35.1. The molecule has 7 heteroatoms. The molecule has 1 rings (SSSR count). The first-order valence-electron chi connectivity index (χ1n) is 7.50. The van der Waals surface area contributed by atoms with Crippen LogP contribution in [0, 0.1) is 5.92 Å². The first-order valence-corrected chi connectivity index (χ1v) is 7.50. The third kappa shape index (κ3) is 6.82. The zero-order valence-corrected chi connectivity index (χ0v) is 13.6. The molecule has 0 unspecified atom stereocenters. The highest BCUT2D eigenvalue weighted by Crippen LogP contribution is 2.07. The van der Waals surface area contributed by atoms with E-state index < -0.39 is 18.0 Å². The van der Waals surface area contributed by atoms with Crippen molar-refractivity contribution in [3.05, 3.63) is 30.3 Å². The van der Waals surface area contributed by atoms with Gasteiger partial charge in [0.15, 0.2) is 0 Å². The van der Waals surface area contributed by atoms with Gasteiger partial charge < -0.3 is 21.7 Å². The van der Waals surface area contributed by atoms with Crippen LogP contribution in [0.1, 0.15) is 27.2 Å². The van der Waals surface area contributed by atoms with Gasteiger partial charge in [-0.1, -0.05) is 32.0 Å². The summed E-state index contributed by atoms with van der Waals surface area (Å²) in [6.45, 7) is 5.33. The van der Waals surface area contributed by atoms with Gasteiger partial charge in [0.25, 0.3) is 0 Å². The molecule has 0 radical (unpaired) electrons. The molecule has 4 amide bonds. The normalized spacial score (nSPS) is 13.0. The van der Waals surface area contributed by atoms with E-state index in [1.165, 1.54) is 0 Å². The molecular weight excluding hydrogens is 296 g/mol. The molecule has 0 aliphatic heterocycles. The van der Waals surface area contributed by atoms with Crippen LogP contribution in [-0.2, 0) is 9.59 Å². The monoisotopic (exact) mass is 320 g/mol. The molecule has 0 aliphatic rings. The number of benzene rings is 1. The van der Waals surface area contributed by atoms with Gasteiger partial charge in [-0.05, 0) is 25.0 Å². The second-order valence-electron chi connectivity index (χ2n) is 5.77. The van der Waals surface area contributed by atoms with Gasteiger partial charge in [0.2, 0.25) is 11.8 Å². The van der Waals surface area contributed by atoms with E-state index in [0.717, 1.165) is 0 Å². The quantitative estimate of drug-likeness (QED) is 0.605. The van der Waals surface area contributed by atoms with E-state index in [2.05, 4.69) is 16.0 Å². The maximum Gasteiger partial charge on any atom is 0.319 e. The van der Waals surface area contributed by atoms with E-state index in [0.29, 0.717) is 5.69 Å². The van der Waals surface area contributed by atoms with Crippen molar-refractivity contribution in [3.63, 3.8) is 0 Å². The number of nitrogens with two attached hydrogens (primary N) is 1. The molecule has 23 heavy (non-hydrogen) atoms. The van der Waals surface area contributed by atoms with Crippen molar-refractivity contribution in [3.8, 4) is 0 Å². The molecule has 5 N–H and O–H groups in total. The zero-order chi connectivity index (χ0) is 17.4. The second-order valence-corrected chi connectivity index (χ2v) is 5.77. The van der Waals surface area contributed by atoms with E-state index in [4.69, 9.17) is 5.73 Å². The minimum atomic E-state index is -0.714. The molecule has 1 aromatic carbocycles. The second kappa shape index (κ2) is 8.77. The molecule has 0 saturated heterocycles. The Bertz CT molecular complexity index is 546. The van der Waals surface area contributed by atoms with Crippen LogP contribution < -0.4 is 21.7 Å². The van der Waals surface area contributed by atoms with Gasteiger partial charge in [-0.3, -0.25) is 9.59 Å². The van der Waals surface area contributed by atoms with Crippen molar-refractivity contribution in [2.75, 3.05) is 5.32 Å². The van der Waals surface area contributed by atoms with Crippen molar-refractivity contribution in [2.45, 2.75) is 39.3 Å². The lowest BCUT2D eigenvalue weighted by atomic mass is 10.0.